The zero-order valence-corrected chi connectivity index (χ0v) is 12.7. The summed E-state index contributed by atoms with van der Waals surface area (Å²) in [6.45, 7) is 0. The van der Waals surface area contributed by atoms with Gasteiger partial charge in [-0.05, 0) is 30.4 Å². The van der Waals surface area contributed by atoms with Crippen LogP contribution in [0.2, 0.25) is 0 Å². The SMILES string of the molecule is O=C1[C@@H]2[C@H](C(O)N1c1ccc([N+](=O)[O-])c(C(F)(F)F)c1)[C@@H]1C=C[C@H]2C1. The van der Waals surface area contributed by atoms with Crippen LogP contribution in [-0.2, 0) is 11.0 Å². The van der Waals surface area contributed by atoms with E-state index < -0.39 is 40.4 Å². The number of alkyl halides is 3. The molecule has 1 saturated heterocycles. The fourth-order valence-corrected chi connectivity index (χ4v) is 4.42. The van der Waals surface area contributed by atoms with Crippen molar-refractivity contribution >= 4 is 17.3 Å². The Bertz CT molecular complexity index is 807. The number of allylic oxidation sites excluding steroid dienone is 2. The van der Waals surface area contributed by atoms with Crippen LogP contribution in [-0.4, -0.2) is 22.2 Å². The van der Waals surface area contributed by atoms with Gasteiger partial charge in [0.05, 0.1) is 10.8 Å². The third-order valence-corrected chi connectivity index (χ3v) is 5.41. The number of nitrogens with zero attached hydrogens (tertiary/aromatic N) is 2. The van der Waals surface area contributed by atoms with Gasteiger partial charge in [-0.25, -0.2) is 0 Å². The van der Waals surface area contributed by atoms with Crippen molar-refractivity contribution in [1.82, 2.24) is 0 Å². The van der Waals surface area contributed by atoms with Crippen LogP contribution >= 0.6 is 0 Å². The van der Waals surface area contributed by atoms with Gasteiger partial charge in [-0.15, -0.1) is 0 Å². The van der Waals surface area contributed by atoms with Crippen LogP contribution in [0.3, 0.4) is 0 Å². The van der Waals surface area contributed by atoms with Crippen LogP contribution in [0.25, 0.3) is 0 Å². The number of nitro benzene ring substituents is 1. The Hall–Kier alpha value is -2.42. The molecular formula is C16H13F3N2O4. The van der Waals surface area contributed by atoms with E-state index in [0.29, 0.717) is 6.07 Å². The van der Waals surface area contributed by atoms with Gasteiger partial charge in [0.25, 0.3) is 5.69 Å². The number of fused-ring (bicyclic) bond motifs is 5. The highest BCUT2D eigenvalue weighted by atomic mass is 19.4. The second-order valence-corrected chi connectivity index (χ2v) is 6.63. The number of hydrogen-bond donors (Lipinski definition) is 1. The second-order valence-electron chi connectivity index (χ2n) is 6.63. The topological polar surface area (TPSA) is 83.7 Å². The maximum Gasteiger partial charge on any atom is 0.423 e. The van der Waals surface area contributed by atoms with Gasteiger partial charge in [0.1, 0.15) is 11.8 Å². The minimum Gasteiger partial charge on any atom is -0.373 e. The maximum absolute atomic E-state index is 13.2. The summed E-state index contributed by atoms with van der Waals surface area (Å²) in [6.07, 6.45) is -1.57. The minimum absolute atomic E-state index is 0.0118. The molecule has 4 rings (SSSR count). The number of amides is 1. The van der Waals surface area contributed by atoms with Crippen LogP contribution < -0.4 is 4.90 Å². The lowest BCUT2D eigenvalue weighted by molar-refractivity contribution is -0.388. The molecule has 3 aliphatic rings. The molecule has 5 atom stereocenters. The van der Waals surface area contributed by atoms with Crippen molar-refractivity contribution < 1.29 is 28.0 Å². The molecule has 0 aromatic heterocycles. The number of aliphatic hydroxyl groups is 1. The van der Waals surface area contributed by atoms with Gasteiger partial charge in [0, 0.05) is 17.7 Å². The minimum atomic E-state index is -4.94. The average molecular weight is 354 g/mol. The van der Waals surface area contributed by atoms with E-state index >= 15 is 0 Å². The summed E-state index contributed by atoms with van der Waals surface area (Å²) in [5.41, 5.74) is -2.70. The third kappa shape index (κ3) is 2.18. The van der Waals surface area contributed by atoms with E-state index in [0.717, 1.165) is 23.5 Å². The lowest BCUT2D eigenvalue weighted by atomic mass is 9.85. The summed E-state index contributed by atoms with van der Waals surface area (Å²) in [4.78, 5) is 23.4. The van der Waals surface area contributed by atoms with Crippen molar-refractivity contribution in [1.29, 1.82) is 0 Å². The largest absolute Gasteiger partial charge is 0.423 e. The van der Waals surface area contributed by atoms with E-state index in [1.807, 2.05) is 12.2 Å². The van der Waals surface area contributed by atoms with E-state index in [4.69, 9.17) is 0 Å². The van der Waals surface area contributed by atoms with Gasteiger partial charge in [0.15, 0.2) is 0 Å². The first-order valence-electron chi connectivity index (χ1n) is 7.75. The molecule has 9 heteroatoms. The van der Waals surface area contributed by atoms with Crippen molar-refractivity contribution in [2.75, 3.05) is 4.90 Å². The first-order valence-corrected chi connectivity index (χ1v) is 7.75. The molecular weight excluding hydrogens is 341 g/mol. The number of anilines is 1. The smallest absolute Gasteiger partial charge is 0.373 e. The number of halogens is 3. The fraction of sp³-hybridized carbons (Fsp3) is 0.438. The molecule has 1 amide bonds. The number of benzene rings is 1. The normalized spacial score (nSPS) is 33.2. The Kier molecular flexibility index (Phi) is 3.24. The van der Waals surface area contributed by atoms with Crippen LogP contribution in [0.4, 0.5) is 24.5 Å². The Morgan fingerprint density at radius 3 is 2.52 bits per heavy atom. The molecule has 6 nitrogen and oxygen atoms in total. The van der Waals surface area contributed by atoms with Crippen molar-refractivity contribution in [3.8, 4) is 0 Å². The summed E-state index contributed by atoms with van der Waals surface area (Å²) in [6, 6.07) is 2.36. The lowest BCUT2D eigenvalue weighted by Crippen LogP contribution is -2.37. The van der Waals surface area contributed by atoms with E-state index in [1.54, 1.807) is 0 Å². The Labute approximate surface area is 139 Å². The first kappa shape index (κ1) is 16.1. The zero-order chi connectivity index (χ0) is 18.1. The van der Waals surface area contributed by atoms with Gasteiger partial charge in [-0.2, -0.15) is 13.2 Å². The lowest BCUT2D eigenvalue weighted by Gasteiger charge is -2.25. The van der Waals surface area contributed by atoms with E-state index in [9.17, 15) is 33.2 Å². The predicted molar refractivity (Wildman–Crippen MR) is 79.3 cm³/mol. The van der Waals surface area contributed by atoms with E-state index in [1.165, 1.54) is 0 Å². The Morgan fingerprint density at radius 1 is 1.24 bits per heavy atom. The van der Waals surface area contributed by atoms with Gasteiger partial charge >= 0.3 is 6.18 Å². The standard InChI is InChI=1S/C16H13F3N2O4/c17-16(18,19)10-6-9(3-4-11(10)21(24)25)20-14(22)12-7-1-2-8(5-7)13(12)15(20)23/h1-4,6-8,12-14,22H,5H2/t7-,8+,12-,13+,14?/m1/s1. The number of nitro groups is 1. The molecule has 0 radical (unpaired) electrons. The molecule has 1 saturated carbocycles. The van der Waals surface area contributed by atoms with Crippen molar-refractivity contribution in [3.05, 3.63) is 46.0 Å². The van der Waals surface area contributed by atoms with E-state index in [2.05, 4.69) is 0 Å². The first-order chi connectivity index (χ1) is 11.7. The molecule has 1 aromatic rings. The van der Waals surface area contributed by atoms with Gasteiger partial charge in [-0.1, -0.05) is 12.2 Å². The molecule has 0 spiro atoms. The molecule has 2 fully saturated rings. The quantitative estimate of drug-likeness (QED) is 0.503. The number of carbonyl (C=O) groups excluding carboxylic acids is 1. The van der Waals surface area contributed by atoms with Gasteiger partial charge in [0.2, 0.25) is 5.91 Å². The number of hydrogen-bond acceptors (Lipinski definition) is 4. The van der Waals surface area contributed by atoms with Crippen molar-refractivity contribution in [3.63, 3.8) is 0 Å². The van der Waals surface area contributed by atoms with Crippen molar-refractivity contribution in [2.45, 2.75) is 18.8 Å². The third-order valence-electron chi connectivity index (χ3n) is 5.41. The summed E-state index contributed by atoms with van der Waals surface area (Å²) < 4.78 is 39.5. The zero-order valence-electron chi connectivity index (χ0n) is 12.7. The van der Waals surface area contributed by atoms with Crippen molar-refractivity contribution in [2.24, 2.45) is 23.7 Å². The van der Waals surface area contributed by atoms with Gasteiger partial charge in [-0.3, -0.25) is 19.8 Å². The Morgan fingerprint density at radius 2 is 1.92 bits per heavy atom. The second kappa shape index (κ2) is 5.04. The summed E-state index contributed by atoms with van der Waals surface area (Å²) in [5, 5.41) is 21.4. The molecule has 1 unspecified atom stereocenters. The van der Waals surface area contributed by atoms with Gasteiger partial charge < -0.3 is 5.11 Å². The summed E-state index contributed by atoms with van der Waals surface area (Å²) in [5.74, 6) is -1.22. The molecule has 25 heavy (non-hydrogen) atoms. The predicted octanol–water partition coefficient (Wildman–Crippen LogP) is 2.72. The number of aliphatic hydroxyl groups excluding tert-OH is 1. The highest BCUT2D eigenvalue weighted by Crippen LogP contribution is 2.55. The molecule has 2 aliphatic carbocycles. The fourth-order valence-electron chi connectivity index (χ4n) is 4.42. The average Bonchev–Trinajstić information content (AvgIpc) is 3.20. The summed E-state index contributed by atoms with van der Waals surface area (Å²) >= 11 is 0. The molecule has 132 valence electrons. The van der Waals surface area contributed by atoms with Crippen LogP contribution in [0, 0.1) is 33.8 Å². The molecule has 2 bridgehead atoms. The van der Waals surface area contributed by atoms with Crippen LogP contribution in [0.1, 0.15) is 12.0 Å². The number of rotatable bonds is 2. The summed E-state index contributed by atoms with van der Waals surface area (Å²) in [7, 11) is 0. The molecule has 1 aromatic carbocycles. The monoisotopic (exact) mass is 354 g/mol. The molecule has 1 heterocycles. The Balaban J connectivity index is 1.76. The van der Waals surface area contributed by atoms with Crippen LogP contribution in [0.15, 0.2) is 30.4 Å². The molecule has 1 aliphatic heterocycles. The number of carbonyl (C=O) groups is 1. The molecule has 1 N–H and O–H groups in total. The van der Waals surface area contributed by atoms with E-state index in [-0.39, 0.29) is 23.4 Å². The highest BCUT2D eigenvalue weighted by Gasteiger charge is 2.59. The maximum atomic E-state index is 13.2. The van der Waals surface area contributed by atoms with Crippen LogP contribution in [0.5, 0.6) is 0 Å². The highest BCUT2D eigenvalue weighted by molar-refractivity contribution is 5.99.